The maximum atomic E-state index is 13.8. The predicted molar refractivity (Wildman–Crippen MR) is 90.3 cm³/mol. The molecule has 132 valence electrons. The summed E-state index contributed by atoms with van der Waals surface area (Å²) in [6.45, 7) is 7.50. The molecule has 1 amide bonds. The number of halogens is 1. The van der Waals surface area contributed by atoms with Crippen LogP contribution in [0.25, 0.3) is 0 Å². The Labute approximate surface area is 141 Å². The van der Waals surface area contributed by atoms with Crippen molar-refractivity contribution in [2.24, 2.45) is 0 Å². The molecule has 2 unspecified atom stereocenters. The summed E-state index contributed by atoms with van der Waals surface area (Å²) in [7, 11) is 0. The molecule has 7 nitrogen and oxygen atoms in total. The number of piperazine rings is 1. The molecule has 1 aromatic carbocycles. The van der Waals surface area contributed by atoms with Gasteiger partial charge < -0.3 is 10.2 Å². The number of hydrogen-bond donors (Lipinski definition) is 4. The van der Waals surface area contributed by atoms with E-state index in [0.717, 1.165) is 13.1 Å². The molecule has 0 aliphatic carbocycles. The third-order valence-corrected chi connectivity index (χ3v) is 4.60. The first-order valence-electron chi connectivity index (χ1n) is 8.36. The molecule has 8 heteroatoms. The van der Waals surface area contributed by atoms with E-state index < -0.39 is 12.2 Å². The molecule has 3 rings (SSSR count). The van der Waals surface area contributed by atoms with Gasteiger partial charge in [-0.1, -0.05) is 12.1 Å². The largest absolute Gasteiger partial charge is 0.365 e. The molecular weight excluding hydrogens is 311 g/mol. The minimum Gasteiger partial charge on any atom is -0.365 e. The summed E-state index contributed by atoms with van der Waals surface area (Å²) in [5.41, 5.74) is 8.99. The van der Waals surface area contributed by atoms with Crippen LogP contribution in [0.5, 0.6) is 0 Å². The van der Waals surface area contributed by atoms with E-state index >= 15 is 0 Å². The second-order valence-electron chi connectivity index (χ2n) is 6.45. The van der Waals surface area contributed by atoms with Crippen LogP contribution in [0.1, 0.15) is 13.8 Å². The van der Waals surface area contributed by atoms with Gasteiger partial charge >= 0.3 is 0 Å². The van der Waals surface area contributed by atoms with Gasteiger partial charge in [0.05, 0.1) is 5.69 Å². The second kappa shape index (κ2) is 7.43. The number of para-hydroxylation sites is 1. The van der Waals surface area contributed by atoms with Crippen LogP contribution in [0.3, 0.4) is 0 Å². The summed E-state index contributed by atoms with van der Waals surface area (Å²) in [6.07, 6.45) is -0.433. The molecule has 2 fully saturated rings. The van der Waals surface area contributed by atoms with Gasteiger partial charge in [-0.2, -0.15) is 5.53 Å². The van der Waals surface area contributed by atoms with E-state index in [1.165, 1.54) is 6.07 Å². The van der Waals surface area contributed by atoms with Crippen LogP contribution >= 0.6 is 0 Å². The number of amides is 1. The summed E-state index contributed by atoms with van der Waals surface area (Å²) in [5.74, 6) is -0.340. The smallest absolute Gasteiger partial charge is 0.244 e. The Hall–Kier alpha value is -1.74. The summed E-state index contributed by atoms with van der Waals surface area (Å²) in [5, 5.41) is 3.04. The van der Waals surface area contributed by atoms with Gasteiger partial charge in [0, 0.05) is 32.2 Å². The normalized spacial score (nSPS) is 25.2. The van der Waals surface area contributed by atoms with Gasteiger partial charge in [0.1, 0.15) is 18.0 Å². The van der Waals surface area contributed by atoms with Crippen molar-refractivity contribution in [2.75, 3.05) is 31.5 Å². The first-order chi connectivity index (χ1) is 11.6. The first-order valence-corrected chi connectivity index (χ1v) is 8.36. The number of benzene rings is 1. The molecule has 2 atom stereocenters. The molecule has 0 saturated carbocycles. The molecule has 2 aliphatic rings. The van der Waals surface area contributed by atoms with Crippen LogP contribution in [-0.4, -0.2) is 60.1 Å². The van der Waals surface area contributed by atoms with Crippen LogP contribution in [0.2, 0.25) is 0 Å². The Morgan fingerprint density at radius 3 is 2.58 bits per heavy atom. The Bertz CT molecular complexity index is 575. The number of carbonyl (C=O) groups excluding carboxylic acids is 1. The van der Waals surface area contributed by atoms with Crippen LogP contribution in [0, 0.1) is 5.82 Å². The van der Waals surface area contributed by atoms with Crippen molar-refractivity contribution < 1.29 is 9.18 Å². The summed E-state index contributed by atoms with van der Waals surface area (Å²) >= 11 is 0. The van der Waals surface area contributed by atoms with Gasteiger partial charge in [0.15, 0.2) is 0 Å². The zero-order valence-corrected chi connectivity index (χ0v) is 14.1. The summed E-state index contributed by atoms with van der Waals surface area (Å²) < 4.78 is 13.8. The number of nitrogens with one attached hydrogen (secondary N) is 4. The van der Waals surface area contributed by atoms with Gasteiger partial charge in [0.2, 0.25) is 5.91 Å². The molecule has 0 radical (unpaired) electrons. The van der Waals surface area contributed by atoms with Crippen molar-refractivity contribution in [2.45, 2.75) is 32.1 Å². The van der Waals surface area contributed by atoms with Gasteiger partial charge in [-0.15, -0.1) is 0 Å². The monoisotopic (exact) mass is 336 g/mol. The highest BCUT2D eigenvalue weighted by Crippen LogP contribution is 2.16. The number of rotatable bonds is 4. The maximum Gasteiger partial charge on any atom is 0.244 e. The van der Waals surface area contributed by atoms with E-state index in [4.69, 9.17) is 0 Å². The number of anilines is 1. The lowest BCUT2D eigenvalue weighted by molar-refractivity contribution is -0.135. The fourth-order valence-electron chi connectivity index (χ4n) is 3.09. The molecule has 4 N–H and O–H groups in total. The number of nitrogens with zero attached hydrogens (tertiary/aromatic N) is 2. The van der Waals surface area contributed by atoms with Crippen molar-refractivity contribution in [1.29, 1.82) is 0 Å². The summed E-state index contributed by atoms with van der Waals surface area (Å²) in [6, 6.07) is 6.41. The topological polar surface area (TPSA) is 71.7 Å². The Balaban J connectivity index is 1.61. The fourth-order valence-corrected chi connectivity index (χ4v) is 3.09. The van der Waals surface area contributed by atoms with Crippen molar-refractivity contribution in [3.8, 4) is 0 Å². The highest BCUT2D eigenvalue weighted by molar-refractivity contribution is 5.83. The van der Waals surface area contributed by atoms with E-state index in [-0.39, 0.29) is 11.7 Å². The lowest BCUT2D eigenvalue weighted by Gasteiger charge is -2.38. The highest BCUT2D eigenvalue weighted by atomic mass is 19.1. The Morgan fingerprint density at radius 1 is 1.21 bits per heavy atom. The highest BCUT2D eigenvalue weighted by Gasteiger charge is 2.37. The number of hydrogen-bond acceptors (Lipinski definition) is 6. The molecule has 1 aromatic rings. The van der Waals surface area contributed by atoms with Crippen molar-refractivity contribution >= 4 is 11.6 Å². The van der Waals surface area contributed by atoms with E-state index in [2.05, 4.69) is 40.5 Å². The van der Waals surface area contributed by atoms with E-state index in [9.17, 15) is 9.18 Å². The quantitative estimate of drug-likeness (QED) is 0.625. The minimum absolute atomic E-state index is 0.00439. The second-order valence-corrected chi connectivity index (χ2v) is 6.45. The van der Waals surface area contributed by atoms with Crippen LogP contribution in [-0.2, 0) is 4.79 Å². The van der Waals surface area contributed by atoms with E-state index in [1.807, 2.05) is 4.90 Å². The molecule has 2 saturated heterocycles. The van der Waals surface area contributed by atoms with Gasteiger partial charge in [-0.05, 0) is 26.0 Å². The fraction of sp³-hybridized carbons (Fsp3) is 0.562. The third kappa shape index (κ3) is 3.67. The summed E-state index contributed by atoms with van der Waals surface area (Å²) in [4.78, 5) is 17.0. The van der Waals surface area contributed by atoms with Gasteiger partial charge in [-0.3, -0.25) is 9.69 Å². The van der Waals surface area contributed by atoms with E-state index in [0.29, 0.717) is 24.8 Å². The van der Waals surface area contributed by atoms with Crippen LogP contribution < -0.4 is 21.7 Å². The van der Waals surface area contributed by atoms with E-state index in [1.54, 1.807) is 18.2 Å². The first kappa shape index (κ1) is 17.1. The van der Waals surface area contributed by atoms with Crippen molar-refractivity contribution in [1.82, 2.24) is 26.2 Å². The molecule has 0 aromatic heterocycles. The average molecular weight is 336 g/mol. The predicted octanol–water partition coefficient (Wildman–Crippen LogP) is 0.0973. The zero-order chi connectivity index (χ0) is 17.1. The van der Waals surface area contributed by atoms with Gasteiger partial charge in [-0.25, -0.2) is 15.2 Å². The molecule has 0 spiro atoms. The molecule has 2 heterocycles. The maximum absolute atomic E-state index is 13.8. The molecule has 2 aliphatic heterocycles. The average Bonchev–Trinajstić information content (AvgIpc) is 3.04. The molecule has 24 heavy (non-hydrogen) atoms. The lowest BCUT2D eigenvalue weighted by atomic mass is 10.1. The van der Waals surface area contributed by atoms with Crippen LogP contribution in [0.15, 0.2) is 24.3 Å². The minimum atomic E-state index is -0.504. The van der Waals surface area contributed by atoms with Crippen molar-refractivity contribution in [3.63, 3.8) is 0 Å². The number of carbonyl (C=O) groups is 1. The lowest BCUT2D eigenvalue weighted by Crippen LogP contribution is -2.57. The standard InChI is InChI=1S/C16H25FN6O/c1-11(2)22-7-9-23(10-8-22)16(24)14-15(20-21-19-14)18-13-6-4-3-5-12(13)17/h3-6,11,14-15,18-21H,7-10H2,1-2H3. The zero-order valence-electron chi connectivity index (χ0n) is 14.1. The van der Waals surface area contributed by atoms with Crippen LogP contribution in [0.4, 0.5) is 10.1 Å². The molecule has 0 bridgehead atoms. The SMILES string of the molecule is CC(C)N1CCN(C(=O)C2NNNC2Nc2ccccc2F)CC1. The Morgan fingerprint density at radius 2 is 1.92 bits per heavy atom. The Kier molecular flexibility index (Phi) is 5.30. The number of hydrazine groups is 2. The van der Waals surface area contributed by atoms with Crippen molar-refractivity contribution in [3.05, 3.63) is 30.1 Å². The molecular formula is C16H25FN6O. The third-order valence-electron chi connectivity index (χ3n) is 4.60. The van der Waals surface area contributed by atoms with Gasteiger partial charge in [0.25, 0.3) is 0 Å².